The highest BCUT2D eigenvalue weighted by atomic mass is 32.2. The molecule has 34 heavy (non-hydrogen) atoms. The number of aryl methyl sites for hydroxylation is 1. The number of ether oxygens (including phenoxy) is 2. The van der Waals surface area contributed by atoms with Crippen LogP contribution < -0.4 is 19.1 Å². The molecule has 0 saturated heterocycles. The molecule has 0 heterocycles. The lowest BCUT2D eigenvalue weighted by Gasteiger charge is -2.20. The summed E-state index contributed by atoms with van der Waals surface area (Å²) in [4.78, 5) is 12.5. The maximum atomic E-state index is 13.9. The zero-order chi connectivity index (χ0) is 24.9. The molecule has 0 aliphatic rings. The fraction of sp³-hybridized carbons (Fsp3) is 0.240. The Bertz CT molecular complexity index is 1250. The van der Waals surface area contributed by atoms with Crippen molar-refractivity contribution in [1.82, 2.24) is 5.32 Å². The number of rotatable bonds is 9. The number of hydrogen-bond acceptors (Lipinski definition) is 5. The van der Waals surface area contributed by atoms with Gasteiger partial charge in [0.2, 0.25) is 0 Å². The van der Waals surface area contributed by atoms with E-state index in [1.165, 1.54) is 30.6 Å². The SMILES string of the molecule is COc1ccc([C@@H](C)NC(=O)COc2ccc(N(C)S(=O)(=O)c3ccc(C)cc3)cc2)cc1F. The Morgan fingerprint density at radius 2 is 1.71 bits per heavy atom. The topological polar surface area (TPSA) is 84.9 Å². The number of nitrogens with one attached hydrogen (secondary N) is 1. The van der Waals surface area contributed by atoms with Crippen molar-refractivity contribution in [2.75, 3.05) is 25.1 Å². The fourth-order valence-corrected chi connectivity index (χ4v) is 4.42. The molecule has 0 bridgehead atoms. The van der Waals surface area contributed by atoms with Gasteiger partial charge in [-0.2, -0.15) is 0 Å². The lowest BCUT2D eigenvalue weighted by atomic mass is 10.1. The van der Waals surface area contributed by atoms with E-state index in [0.717, 1.165) is 5.56 Å². The van der Waals surface area contributed by atoms with E-state index in [9.17, 15) is 17.6 Å². The van der Waals surface area contributed by atoms with Gasteiger partial charge >= 0.3 is 0 Å². The van der Waals surface area contributed by atoms with E-state index >= 15 is 0 Å². The quantitative estimate of drug-likeness (QED) is 0.490. The molecule has 180 valence electrons. The van der Waals surface area contributed by atoms with Crippen LogP contribution in [0.25, 0.3) is 0 Å². The molecule has 1 atom stereocenters. The minimum Gasteiger partial charge on any atom is -0.494 e. The molecule has 0 saturated carbocycles. The largest absolute Gasteiger partial charge is 0.494 e. The molecule has 7 nitrogen and oxygen atoms in total. The second-order valence-electron chi connectivity index (χ2n) is 7.75. The van der Waals surface area contributed by atoms with E-state index in [0.29, 0.717) is 17.0 Å². The Balaban J connectivity index is 1.57. The van der Waals surface area contributed by atoms with Gasteiger partial charge in [-0.25, -0.2) is 12.8 Å². The van der Waals surface area contributed by atoms with Crippen LogP contribution in [0.15, 0.2) is 71.6 Å². The number of halogens is 1. The molecule has 0 radical (unpaired) electrons. The smallest absolute Gasteiger partial charge is 0.264 e. The van der Waals surface area contributed by atoms with Crippen molar-refractivity contribution in [2.45, 2.75) is 24.8 Å². The Morgan fingerprint density at radius 3 is 2.29 bits per heavy atom. The maximum absolute atomic E-state index is 13.9. The molecule has 0 aliphatic carbocycles. The summed E-state index contributed by atoms with van der Waals surface area (Å²) in [6, 6.07) is 17.1. The number of nitrogens with zero attached hydrogens (tertiary/aromatic N) is 1. The predicted octanol–water partition coefficient (Wildman–Crippen LogP) is 4.22. The third kappa shape index (κ3) is 5.85. The summed E-state index contributed by atoms with van der Waals surface area (Å²) in [6.45, 7) is 3.37. The lowest BCUT2D eigenvalue weighted by molar-refractivity contribution is -0.123. The number of carbonyl (C=O) groups is 1. The van der Waals surface area contributed by atoms with Crippen LogP contribution in [0.2, 0.25) is 0 Å². The average Bonchev–Trinajstić information content (AvgIpc) is 2.82. The van der Waals surface area contributed by atoms with Gasteiger partial charge in [-0.15, -0.1) is 0 Å². The van der Waals surface area contributed by atoms with Crippen LogP contribution in [0, 0.1) is 12.7 Å². The first kappa shape index (κ1) is 25.0. The van der Waals surface area contributed by atoms with Gasteiger partial charge in [-0.1, -0.05) is 23.8 Å². The Labute approximate surface area is 199 Å². The molecule has 0 spiro atoms. The summed E-state index contributed by atoms with van der Waals surface area (Å²) in [7, 11) is -0.844. The molecule has 9 heteroatoms. The van der Waals surface area contributed by atoms with Gasteiger partial charge in [0.1, 0.15) is 5.75 Å². The first-order valence-corrected chi connectivity index (χ1v) is 12.0. The number of sulfonamides is 1. The number of benzene rings is 3. The summed E-state index contributed by atoms with van der Waals surface area (Å²) < 4.78 is 51.1. The number of hydrogen-bond donors (Lipinski definition) is 1. The van der Waals surface area contributed by atoms with E-state index in [-0.39, 0.29) is 23.2 Å². The van der Waals surface area contributed by atoms with Crippen molar-refractivity contribution in [2.24, 2.45) is 0 Å². The second kappa shape index (κ2) is 10.6. The van der Waals surface area contributed by atoms with Gasteiger partial charge in [0.15, 0.2) is 18.2 Å². The summed E-state index contributed by atoms with van der Waals surface area (Å²) in [5.74, 6) is -0.354. The van der Waals surface area contributed by atoms with E-state index in [4.69, 9.17) is 9.47 Å². The number of carbonyl (C=O) groups excluding carboxylic acids is 1. The van der Waals surface area contributed by atoms with Crippen LogP contribution in [0.1, 0.15) is 24.1 Å². The average molecular weight is 487 g/mol. The second-order valence-corrected chi connectivity index (χ2v) is 9.72. The van der Waals surface area contributed by atoms with Gasteiger partial charge in [0.05, 0.1) is 23.7 Å². The molecule has 0 aliphatic heterocycles. The monoisotopic (exact) mass is 486 g/mol. The van der Waals surface area contributed by atoms with Crippen molar-refractivity contribution in [3.63, 3.8) is 0 Å². The van der Waals surface area contributed by atoms with Crippen LogP contribution in [0.5, 0.6) is 11.5 Å². The molecule has 0 fully saturated rings. The summed E-state index contributed by atoms with van der Waals surface area (Å²) in [5.41, 5.74) is 2.01. The molecular weight excluding hydrogens is 459 g/mol. The molecule has 1 amide bonds. The van der Waals surface area contributed by atoms with Crippen LogP contribution >= 0.6 is 0 Å². The molecule has 1 N–H and O–H groups in total. The molecule has 0 aromatic heterocycles. The zero-order valence-electron chi connectivity index (χ0n) is 19.4. The highest BCUT2D eigenvalue weighted by Gasteiger charge is 2.21. The van der Waals surface area contributed by atoms with Gasteiger partial charge in [-0.3, -0.25) is 9.10 Å². The first-order chi connectivity index (χ1) is 16.1. The van der Waals surface area contributed by atoms with Crippen LogP contribution in [-0.2, 0) is 14.8 Å². The number of amides is 1. The summed E-state index contributed by atoms with van der Waals surface area (Å²) in [5, 5.41) is 2.74. The normalized spacial score (nSPS) is 12.0. The maximum Gasteiger partial charge on any atom is 0.264 e. The van der Waals surface area contributed by atoms with Gasteiger partial charge in [-0.05, 0) is 67.9 Å². The fourth-order valence-electron chi connectivity index (χ4n) is 3.23. The van der Waals surface area contributed by atoms with E-state index in [1.807, 2.05) is 6.92 Å². The minimum absolute atomic E-state index is 0.131. The molecule has 3 aromatic carbocycles. The van der Waals surface area contributed by atoms with Crippen LogP contribution in [0.3, 0.4) is 0 Å². The van der Waals surface area contributed by atoms with E-state index in [2.05, 4.69) is 5.32 Å². The van der Waals surface area contributed by atoms with E-state index in [1.54, 1.807) is 61.5 Å². The molecular formula is C25H27FN2O5S. The number of methoxy groups -OCH3 is 1. The van der Waals surface area contributed by atoms with Crippen molar-refractivity contribution in [3.05, 3.63) is 83.7 Å². The van der Waals surface area contributed by atoms with Crippen LogP contribution in [-0.4, -0.2) is 35.1 Å². The van der Waals surface area contributed by atoms with Gasteiger partial charge in [0, 0.05) is 7.05 Å². The number of anilines is 1. The van der Waals surface area contributed by atoms with Crippen molar-refractivity contribution in [3.8, 4) is 11.5 Å². The molecule has 0 unspecified atom stereocenters. The molecule has 3 rings (SSSR count). The van der Waals surface area contributed by atoms with Crippen molar-refractivity contribution in [1.29, 1.82) is 0 Å². The third-order valence-corrected chi connectivity index (χ3v) is 7.10. The van der Waals surface area contributed by atoms with Crippen LogP contribution in [0.4, 0.5) is 10.1 Å². The van der Waals surface area contributed by atoms with Crippen molar-refractivity contribution >= 4 is 21.6 Å². The zero-order valence-corrected chi connectivity index (χ0v) is 20.2. The standard InChI is InChI=1S/C25H27FN2O5S/c1-17-5-12-22(13-6-17)34(30,31)28(3)20-8-10-21(11-9-20)33-16-25(29)27-18(2)19-7-14-24(32-4)23(26)15-19/h5-15,18H,16H2,1-4H3,(H,27,29)/t18-/m1/s1. The predicted molar refractivity (Wildman–Crippen MR) is 128 cm³/mol. The third-order valence-electron chi connectivity index (χ3n) is 5.30. The highest BCUT2D eigenvalue weighted by molar-refractivity contribution is 7.92. The minimum atomic E-state index is -3.70. The molecule has 3 aromatic rings. The van der Waals surface area contributed by atoms with Gasteiger partial charge < -0.3 is 14.8 Å². The highest BCUT2D eigenvalue weighted by Crippen LogP contribution is 2.25. The lowest BCUT2D eigenvalue weighted by Crippen LogP contribution is -2.31. The van der Waals surface area contributed by atoms with Gasteiger partial charge in [0.25, 0.3) is 15.9 Å². The van der Waals surface area contributed by atoms with E-state index < -0.39 is 21.9 Å². The Morgan fingerprint density at radius 1 is 1.06 bits per heavy atom. The summed E-state index contributed by atoms with van der Waals surface area (Å²) in [6.07, 6.45) is 0. The first-order valence-electron chi connectivity index (χ1n) is 10.5. The van der Waals surface area contributed by atoms with Crippen molar-refractivity contribution < 1.29 is 27.1 Å². The Kier molecular flexibility index (Phi) is 7.78. The Hall–Kier alpha value is -3.59. The summed E-state index contributed by atoms with van der Waals surface area (Å²) >= 11 is 0.